The van der Waals surface area contributed by atoms with Crippen molar-refractivity contribution in [3.63, 3.8) is 0 Å². The number of alkyl halides is 1. The van der Waals surface area contributed by atoms with E-state index in [4.69, 9.17) is 9.47 Å². The van der Waals surface area contributed by atoms with Crippen molar-refractivity contribution in [1.29, 1.82) is 0 Å². The van der Waals surface area contributed by atoms with Gasteiger partial charge in [0.15, 0.2) is 0 Å². The number of halogens is 2. The summed E-state index contributed by atoms with van der Waals surface area (Å²) >= 11 is 5.62. The number of hydrogen-bond donors (Lipinski definition) is 0. The van der Waals surface area contributed by atoms with Gasteiger partial charge in [0.25, 0.3) is 0 Å². The molecule has 21 heavy (non-hydrogen) atoms. The highest BCUT2D eigenvalue weighted by Crippen LogP contribution is 2.23. The first-order chi connectivity index (χ1) is 9.73. The van der Waals surface area contributed by atoms with Crippen molar-refractivity contribution in [2.75, 3.05) is 11.9 Å². The number of carbonyl (C=O) groups is 1. The predicted molar refractivity (Wildman–Crippen MR) is 97.2 cm³/mol. The van der Waals surface area contributed by atoms with Crippen molar-refractivity contribution in [1.82, 2.24) is 0 Å². The van der Waals surface area contributed by atoms with Gasteiger partial charge >= 0.3 is 5.97 Å². The number of ether oxygens (including phenoxy) is 2. The molecule has 5 heteroatoms. The molecule has 3 nitrogen and oxygen atoms in total. The summed E-state index contributed by atoms with van der Waals surface area (Å²) in [6.07, 6.45) is 0.651. The van der Waals surface area contributed by atoms with E-state index in [-0.39, 0.29) is 11.9 Å². The quantitative estimate of drug-likeness (QED) is 0.348. The Morgan fingerprint density at radius 3 is 2.62 bits per heavy atom. The van der Waals surface area contributed by atoms with Crippen molar-refractivity contribution < 1.29 is 14.3 Å². The lowest BCUT2D eigenvalue weighted by atomic mass is 10.0. The standard InChI is InChI=1S/C16H22BrIO3/c1-11(15(19)21-16(2,3)4)9-12-10-13(20-8-7-17)5-6-14(12)18/h5-6,10-11H,7-9H2,1-4H3. The molecule has 1 rings (SSSR count). The van der Waals surface area contributed by atoms with Gasteiger partial charge in [0, 0.05) is 8.90 Å². The van der Waals surface area contributed by atoms with Crippen molar-refractivity contribution in [3.05, 3.63) is 27.3 Å². The fourth-order valence-electron chi connectivity index (χ4n) is 1.77. The van der Waals surface area contributed by atoms with E-state index >= 15 is 0 Å². The fourth-order valence-corrected chi connectivity index (χ4v) is 2.49. The van der Waals surface area contributed by atoms with Crippen LogP contribution in [0.1, 0.15) is 33.3 Å². The third-order valence-electron chi connectivity index (χ3n) is 2.70. The molecule has 0 saturated heterocycles. The zero-order chi connectivity index (χ0) is 16.0. The number of esters is 1. The second kappa shape index (κ2) is 8.36. The number of hydrogen-bond acceptors (Lipinski definition) is 3. The van der Waals surface area contributed by atoms with Gasteiger partial charge in [0.05, 0.1) is 12.5 Å². The lowest BCUT2D eigenvalue weighted by Gasteiger charge is -2.22. The minimum atomic E-state index is -0.445. The highest BCUT2D eigenvalue weighted by Gasteiger charge is 2.22. The van der Waals surface area contributed by atoms with Crippen LogP contribution in [0.2, 0.25) is 0 Å². The van der Waals surface area contributed by atoms with Crippen LogP contribution in [0.3, 0.4) is 0 Å². The second-order valence-corrected chi connectivity index (χ2v) is 7.88. The van der Waals surface area contributed by atoms with E-state index in [1.807, 2.05) is 45.9 Å². The van der Waals surface area contributed by atoms with Gasteiger partial charge in [-0.25, -0.2) is 0 Å². The lowest BCUT2D eigenvalue weighted by Crippen LogP contribution is -2.28. The summed E-state index contributed by atoms with van der Waals surface area (Å²) < 4.78 is 12.2. The second-order valence-electron chi connectivity index (χ2n) is 5.93. The summed E-state index contributed by atoms with van der Waals surface area (Å²) in [5.74, 6) is 0.496. The maximum absolute atomic E-state index is 12.1. The molecule has 0 fully saturated rings. The molecule has 0 heterocycles. The molecule has 0 spiro atoms. The molecule has 0 bridgehead atoms. The van der Waals surface area contributed by atoms with Crippen molar-refractivity contribution in [2.45, 2.75) is 39.7 Å². The molecule has 0 radical (unpaired) electrons. The summed E-state index contributed by atoms with van der Waals surface area (Å²) in [4.78, 5) is 12.1. The first-order valence-corrected chi connectivity index (χ1v) is 9.13. The Bertz CT molecular complexity index is 483. The van der Waals surface area contributed by atoms with Gasteiger partial charge < -0.3 is 9.47 Å². The summed E-state index contributed by atoms with van der Waals surface area (Å²) in [6, 6.07) is 5.97. The predicted octanol–water partition coefficient (Wildman–Crippen LogP) is 4.59. The number of benzene rings is 1. The van der Waals surface area contributed by atoms with Crippen LogP contribution in [-0.4, -0.2) is 23.5 Å². The highest BCUT2D eigenvalue weighted by molar-refractivity contribution is 14.1. The molecular formula is C16H22BrIO3. The Labute approximate surface area is 149 Å². The molecule has 1 atom stereocenters. The Hall–Kier alpha value is -0.300. The summed E-state index contributed by atoms with van der Waals surface area (Å²) in [6.45, 7) is 8.18. The molecule has 0 aliphatic heterocycles. The molecule has 1 aromatic rings. The molecule has 1 unspecified atom stereocenters. The lowest BCUT2D eigenvalue weighted by molar-refractivity contribution is -0.159. The van der Waals surface area contributed by atoms with Crippen LogP contribution >= 0.6 is 38.5 Å². The minimum absolute atomic E-state index is 0.162. The van der Waals surface area contributed by atoms with Crippen molar-refractivity contribution in [3.8, 4) is 5.75 Å². The normalized spacial score (nSPS) is 12.9. The van der Waals surface area contributed by atoms with Gasteiger partial charge in [0.2, 0.25) is 0 Å². The summed E-state index contributed by atoms with van der Waals surface area (Å²) in [5, 5.41) is 0.794. The van der Waals surface area contributed by atoms with Crippen LogP contribution < -0.4 is 4.74 Å². The zero-order valence-corrected chi connectivity index (χ0v) is 16.7. The number of carbonyl (C=O) groups excluding carboxylic acids is 1. The van der Waals surface area contributed by atoms with E-state index in [0.29, 0.717) is 13.0 Å². The SMILES string of the molecule is CC(Cc1cc(OCCBr)ccc1I)C(=O)OC(C)(C)C. The Kier molecular flexibility index (Phi) is 7.47. The van der Waals surface area contributed by atoms with Crippen LogP contribution in [0.4, 0.5) is 0 Å². The van der Waals surface area contributed by atoms with E-state index in [0.717, 1.165) is 20.2 Å². The summed E-state index contributed by atoms with van der Waals surface area (Å²) in [7, 11) is 0. The maximum atomic E-state index is 12.1. The molecule has 0 aliphatic carbocycles. The number of rotatable bonds is 6. The van der Waals surface area contributed by atoms with Crippen LogP contribution in [0.15, 0.2) is 18.2 Å². The zero-order valence-electron chi connectivity index (χ0n) is 12.9. The van der Waals surface area contributed by atoms with Crippen molar-refractivity contribution >= 4 is 44.5 Å². The van der Waals surface area contributed by atoms with E-state index in [1.165, 1.54) is 0 Å². The van der Waals surface area contributed by atoms with E-state index in [9.17, 15) is 4.79 Å². The molecular weight excluding hydrogens is 447 g/mol. The van der Waals surface area contributed by atoms with Gasteiger partial charge in [0.1, 0.15) is 11.4 Å². The Morgan fingerprint density at radius 1 is 1.38 bits per heavy atom. The topological polar surface area (TPSA) is 35.5 Å². The van der Waals surface area contributed by atoms with Gasteiger partial charge in [-0.15, -0.1) is 0 Å². The third kappa shape index (κ3) is 7.00. The maximum Gasteiger partial charge on any atom is 0.309 e. The van der Waals surface area contributed by atoms with E-state index in [2.05, 4.69) is 38.5 Å². The molecule has 0 saturated carbocycles. The monoisotopic (exact) mass is 468 g/mol. The average molecular weight is 469 g/mol. The van der Waals surface area contributed by atoms with Crippen LogP contribution in [0.5, 0.6) is 5.75 Å². The first-order valence-electron chi connectivity index (χ1n) is 6.93. The van der Waals surface area contributed by atoms with E-state index in [1.54, 1.807) is 0 Å². The molecule has 0 N–H and O–H groups in total. The average Bonchev–Trinajstić information content (AvgIpc) is 2.37. The molecule has 0 aromatic heterocycles. The Balaban J connectivity index is 2.74. The van der Waals surface area contributed by atoms with Crippen molar-refractivity contribution in [2.24, 2.45) is 5.92 Å². The fraction of sp³-hybridized carbons (Fsp3) is 0.562. The first kappa shape index (κ1) is 18.7. The van der Waals surface area contributed by atoms with Gasteiger partial charge in [-0.3, -0.25) is 4.79 Å². The van der Waals surface area contributed by atoms with Gasteiger partial charge in [-0.2, -0.15) is 0 Å². The molecule has 0 aliphatic rings. The molecule has 0 amide bonds. The Morgan fingerprint density at radius 2 is 2.05 bits per heavy atom. The third-order valence-corrected chi connectivity index (χ3v) is 4.07. The van der Waals surface area contributed by atoms with Crippen LogP contribution in [0.25, 0.3) is 0 Å². The van der Waals surface area contributed by atoms with Gasteiger partial charge in [-0.1, -0.05) is 22.9 Å². The largest absolute Gasteiger partial charge is 0.493 e. The minimum Gasteiger partial charge on any atom is -0.493 e. The highest BCUT2D eigenvalue weighted by atomic mass is 127. The molecule has 1 aromatic carbocycles. The smallest absolute Gasteiger partial charge is 0.309 e. The van der Waals surface area contributed by atoms with Crippen LogP contribution in [-0.2, 0) is 16.0 Å². The van der Waals surface area contributed by atoms with Gasteiger partial charge in [-0.05, 0) is 73.5 Å². The van der Waals surface area contributed by atoms with Crippen LogP contribution in [0, 0.1) is 9.49 Å². The van der Waals surface area contributed by atoms with E-state index < -0.39 is 5.60 Å². The molecule has 118 valence electrons. The summed E-state index contributed by atoms with van der Waals surface area (Å²) in [5.41, 5.74) is 0.667.